The van der Waals surface area contributed by atoms with Crippen molar-refractivity contribution in [1.29, 1.82) is 0 Å². The van der Waals surface area contributed by atoms with Gasteiger partial charge in [0.1, 0.15) is 0 Å². The lowest BCUT2D eigenvalue weighted by atomic mass is 9.81. The zero-order chi connectivity index (χ0) is 21.4. The first-order valence-corrected chi connectivity index (χ1v) is 9.79. The van der Waals surface area contributed by atoms with Gasteiger partial charge < -0.3 is 14.9 Å². The van der Waals surface area contributed by atoms with Crippen molar-refractivity contribution in [2.24, 2.45) is 5.41 Å². The van der Waals surface area contributed by atoms with Crippen LogP contribution in [0.15, 0.2) is 35.6 Å². The number of rotatable bonds is 5. The van der Waals surface area contributed by atoms with Gasteiger partial charge in [-0.25, -0.2) is 0 Å². The van der Waals surface area contributed by atoms with Crippen molar-refractivity contribution in [3.63, 3.8) is 0 Å². The van der Waals surface area contributed by atoms with Crippen LogP contribution < -0.4 is 0 Å². The van der Waals surface area contributed by atoms with Gasteiger partial charge in [-0.3, -0.25) is 9.59 Å². The van der Waals surface area contributed by atoms with E-state index in [0.717, 1.165) is 5.56 Å². The fraction of sp³-hybridized carbons (Fsp3) is 0.565. The van der Waals surface area contributed by atoms with Crippen LogP contribution in [0.1, 0.15) is 58.7 Å². The second-order valence-electron chi connectivity index (χ2n) is 9.92. The molecule has 0 saturated carbocycles. The van der Waals surface area contributed by atoms with Crippen LogP contribution in [-0.4, -0.2) is 53.8 Å². The van der Waals surface area contributed by atoms with Crippen molar-refractivity contribution >= 4 is 11.7 Å². The minimum atomic E-state index is -0.690. The van der Waals surface area contributed by atoms with Crippen molar-refractivity contribution in [1.82, 2.24) is 9.80 Å². The van der Waals surface area contributed by atoms with Crippen LogP contribution >= 0.6 is 0 Å². The Morgan fingerprint density at radius 2 is 1.61 bits per heavy atom. The molecule has 154 valence electrons. The van der Waals surface area contributed by atoms with Crippen LogP contribution in [0.3, 0.4) is 0 Å². The highest BCUT2D eigenvalue weighted by Crippen LogP contribution is 2.41. The standard InChI is InChI=1S/C23H34N2O3/c1-22(2,3)16-11-9-15(10-12-16)18-17(20(27)23(4,5)6)19(26)21(28)25(18)14-13-24(7)8/h9-12,18,26H,13-14H2,1-8H3. The smallest absolute Gasteiger partial charge is 0.290 e. The summed E-state index contributed by atoms with van der Waals surface area (Å²) >= 11 is 0. The SMILES string of the molecule is CN(C)CCN1C(=O)C(O)=C(C(=O)C(C)(C)C)C1c1ccc(C(C)(C)C)cc1. The first-order valence-electron chi connectivity index (χ1n) is 9.79. The maximum Gasteiger partial charge on any atom is 0.290 e. The Kier molecular flexibility index (Phi) is 6.10. The van der Waals surface area contributed by atoms with E-state index in [4.69, 9.17) is 0 Å². The van der Waals surface area contributed by atoms with Crippen molar-refractivity contribution in [2.75, 3.05) is 27.2 Å². The van der Waals surface area contributed by atoms with Crippen LogP contribution in [0.2, 0.25) is 0 Å². The monoisotopic (exact) mass is 386 g/mol. The predicted molar refractivity (Wildman–Crippen MR) is 112 cm³/mol. The molecule has 0 bridgehead atoms. The first kappa shape index (κ1) is 22.2. The van der Waals surface area contributed by atoms with E-state index in [2.05, 4.69) is 20.8 Å². The van der Waals surface area contributed by atoms with Gasteiger partial charge in [-0.05, 0) is 30.6 Å². The van der Waals surface area contributed by atoms with Crippen LogP contribution in [0, 0.1) is 5.41 Å². The Labute approximate surface area is 169 Å². The maximum absolute atomic E-state index is 13.1. The van der Waals surface area contributed by atoms with E-state index < -0.39 is 23.1 Å². The third-order valence-corrected chi connectivity index (χ3v) is 5.11. The van der Waals surface area contributed by atoms with Gasteiger partial charge >= 0.3 is 0 Å². The number of nitrogens with zero attached hydrogens (tertiary/aromatic N) is 2. The largest absolute Gasteiger partial charge is 0.503 e. The molecule has 1 amide bonds. The van der Waals surface area contributed by atoms with E-state index in [0.29, 0.717) is 13.1 Å². The van der Waals surface area contributed by atoms with Crippen molar-refractivity contribution < 1.29 is 14.7 Å². The molecule has 5 heteroatoms. The van der Waals surface area contributed by atoms with Gasteiger partial charge in [-0.1, -0.05) is 65.8 Å². The van der Waals surface area contributed by atoms with Crippen molar-refractivity contribution in [2.45, 2.75) is 53.0 Å². The van der Waals surface area contributed by atoms with Gasteiger partial charge in [-0.15, -0.1) is 0 Å². The Hall–Kier alpha value is -2.14. The fourth-order valence-electron chi connectivity index (χ4n) is 3.34. The van der Waals surface area contributed by atoms with Crippen molar-refractivity contribution in [3.8, 4) is 0 Å². The van der Waals surface area contributed by atoms with Crippen molar-refractivity contribution in [3.05, 3.63) is 46.7 Å². The number of hydrogen-bond donors (Lipinski definition) is 1. The van der Waals surface area contributed by atoms with Gasteiger partial charge in [0, 0.05) is 18.5 Å². The molecule has 0 aliphatic carbocycles. The Balaban J connectivity index is 2.53. The van der Waals surface area contributed by atoms with Crippen LogP contribution in [-0.2, 0) is 15.0 Å². The molecule has 2 rings (SSSR count). The Morgan fingerprint density at radius 3 is 2.04 bits per heavy atom. The van der Waals surface area contributed by atoms with Gasteiger partial charge in [0.2, 0.25) is 0 Å². The molecule has 1 unspecified atom stereocenters. The van der Waals surface area contributed by atoms with E-state index in [1.807, 2.05) is 64.0 Å². The summed E-state index contributed by atoms with van der Waals surface area (Å²) in [5.74, 6) is -1.08. The number of likely N-dealkylation sites (N-methyl/N-ethyl adjacent to an activating group) is 1. The highest BCUT2D eigenvalue weighted by atomic mass is 16.3. The molecule has 1 aromatic rings. The van der Waals surface area contributed by atoms with Crippen LogP contribution in [0.25, 0.3) is 0 Å². The third kappa shape index (κ3) is 4.46. The highest BCUT2D eigenvalue weighted by Gasteiger charge is 2.45. The fourth-order valence-corrected chi connectivity index (χ4v) is 3.34. The van der Waals surface area contributed by atoms with Gasteiger partial charge in [-0.2, -0.15) is 0 Å². The topological polar surface area (TPSA) is 60.9 Å². The van der Waals surface area contributed by atoms with E-state index in [1.54, 1.807) is 4.90 Å². The average Bonchev–Trinajstić information content (AvgIpc) is 2.82. The predicted octanol–water partition coefficient (Wildman–Crippen LogP) is 3.86. The number of hydrogen-bond acceptors (Lipinski definition) is 4. The Morgan fingerprint density at radius 1 is 1.07 bits per heavy atom. The minimum Gasteiger partial charge on any atom is -0.503 e. The number of carbonyl (C=O) groups excluding carboxylic acids is 2. The molecule has 5 nitrogen and oxygen atoms in total. The summed E-state index contributed by atoms with van der Waals surface area (Å²) in [7, 11) is 3.87. The minimum absolute atomic E-state index is 0.0106. The maximum atomic E-state index is 13.1. The molecule has 1 aromatic carbocycles. The average molecular weight is 387 g/mol. The molecule has 1 N–H and O–H groups in total. The molecule has 0 aromatic heterocycles. The highest BCUT2D eigenvalue weighted by molar-refractivity contribution is 6.10. The summed E-state index contributed by atoms with van der Waals surface area (Å²) in [5, 5.41) is 10.6. The first-order chi connectivity index (χ1) is 12.7. The van der Waals surface area contributed by atoms with Gasteiger partial charge in [0.15, 0.2) is 11.5 Å². The third-order valence-electron chi connectivity index (χ3n) is 5.11. The normalized spacial score (nSPS) is 18.4. The summed E-state index contributed by atoms with van der Waals surface area (Å²) in [6, 6.07) is 7.45. The zero-order valence-corrected chi connectivity index (χ0v) is 18.5. The number of carbonyl (C=O) groups is 2. The molecule has 1 aliphatic rings. The Bertz CT molecular complexity index is 778. The quantitative estimate of drug-likeness (QED) is 0.835. The summed E-state index contributed by atoms with van der Waals surface area (Å²) in [6.07, 6.45) is 0. The summed E-state index contributed by atoms with van der Waals surface area (Å²) in [6.45, 7) is 12.9. The lowest BCUT2D eigenvalue weighted by Crippen LogP contribution is -2.37. The second-order valence-corrected chi connectivity index (χ2v) is 9.92. The van der Waals surface area contributed by atoms with E-state index in [-0.39, 0.29) is 16.8 Å². The number of benzene rings is 1. The number of Topliss-reactive ketones (excluding diaryl/α,β-unsaturated/α-hetero) is 1. The zero-order valence-electron chi connectivity index (χ0n) is 18.5. The van der Waals surface area contributed by atoms with E-state index in [9.17, 15) is 14.7 Å². The lowest BCUT2D eigenvalue weighted by molar-refractivity contribution is -0.129. The number of aliphatic hydroxyl groups is 1. The van der Waals surface area contributed by atoms with E-state index in [1.165, 1.54) is 5.56 Å². The number of ketones is 1. The molecule has 0 spiro atoms. The van der Waals surface area contributed by atoms with Crippen LogP contribution in [0.4, 0.5) is 0 Å². The molecule has 0 fully saturated rings. The lowest BCUT2D eigenvalue weighted by Gasteiger charge is -2.30. The summed E-state index contributed by atoms with van der Waals surface area (Å²) in [5.41, 5.74) is 1.55. The summed E-state index contributed by atoms with van der Waals surface area (Å²) in [4.78, 5) is 29.5. The molecule has 28 heavy (non-hydrogen) atoms. The molecular formula is C23H34N2O3. The molecule has 1 heterocycles. The van der Waals surface area contributed by atoms with Gasteiger partial charge in [0.25, 0.3) is 5.91 Å². The molecule has 1 aliphatic heterocycles. The molecular weight excluding hydrogens is 352 g/mol. The molecule has 0 radical (unpaired) electrons. The number of amides is 1. The van der Waals surface area contributed by atoms with E-state index >= 15 is 0 Å². The number of aliphatic hydroxyl groups excluding tert-OH is 1. The molecule has 1 atom stereocenters. The summed E-state index contributed by atoms with van der Waals surface area (Å²) < 4.78 is 0. The van der Waals surface area contributed by atoms with Crippen LogP contribution in [0.5, 0.6) is 0 Å². The molecule has 0 saturated heterocycles. The second kappa shape index (κ2) is 7.70. The van der Waals surface area contributed by atoms with Gasteiger partial charge in [0.05, 0.1) is 11.6 Å².